The molecule has 0 aliphatic heterocycles. The van der Waals surface area contributed by atoms with Gasteiger partial charge in [0.1, 0.15) is 0 Å². The highest BCUT2D eigenvalue weighted by molar-refractivity contribution is 5.81. The fourth-order valence-electron chi connectivity index (χ4n) is 1.56. The summed E-state index contributed by atoms with van der Waals surface area (Å²) in [6.07, 6.45) is 0. The second-order valence-corrected chi connectivity index (χ2v) is 4.36. The highest BCUT2D eigenvalue weighted by Gasteiger charge is 2.16. The quantitative estimate of drug-likeness (QED) is 0.856. The second-order valence-electron chi connectivity index (χ2n) is 4.36. The Kier molecular flexibility index (Phi) is 5.23. The van der Waals surface area contributed by atoms with Gasteiger partial charge in [-0.15, -0.1) is 0 Å². The van der Waals surface area contributed by atoms with Crippen molar-refractivity contribution in [1.82, 2.24) is 10.2 Å². The van der Waals surface area contributed by atoms with Crippen LogP contribution in [-0.4, -0.2) is 35.5 Å². The topological polar surface area (TPSA) is 52.6 Å². The summed E-state index contributed by atoms with van der Waals surface area (Å²) in [4.78, 5) is 13.3. The molecule has 106 valence electrons. The Morgan fingerprint density at radius 2 is 1.95 bits per heavy atom. The molecule has 0 fully saturated rings. The van der Waals surface area contributed by atoms with E-state index in [-0.39, 0.29) is 12.5 Å². The normalized spacial score (nSPS) is 12.3. The zero-order valence-corrected chi connectivity index (χ0v) is 11.2. The van der Waals surface area contributed by atoms with Crippen LogP contribution in [0.5, 0.6) is 5.75 Å². The Morgan fingerprint density at radius 1 is 1.42 bits per heavy atom. The predicted molar refractivity (Wildman–Crippen MR) is 67.6 cm³/mol. The van der Waals surface area contributed by atoms with Crippen LogP contribution in [0.1, 0.15) is 19.4 Å². The van der Waals surface area contributed by atoms with E-state index in [9.17, 15) is 13.6 Å². The van der Waals surface area contributed by atoms with Gasteiger partial charge in [0, 0.05) is 20.1 Å². The molecule has 2 N–H and O–H groups in total. The third kappa shape index (κ3) is 3.89. The molecule has 1 atom stereocenters. The first kappa shape index (κ1) is 15.4. The minimum atomic E-state index is -1.01. The summed E-state index contributed by atoms with van der Waals surface area (Å²) in [5.74, 6) is -3.11. The number of benzene rings is 1. The number of nitrogens with zero attached hydrogens (tertiary/aromatic N) is 1. The van der Waals surface area contributed by atoms with Crippen molar-refractivity contribution in [3.8, 4) is 5.75 Å². The van der Waals surface area contributed by atoms with Crippen molar-refractivity contribution in [2.45, 2.75) is 26.4 Å². The van der Waals surface area contributed by atoms with Gasteiger partial charge >= 0.3 is 0 Å². The summed E-state index contributed by atoms with van der Waals surface area (Å²) in [5, 5.41) is 11.9. The number of halogens is 2. The highest BCUT2D eigenvalue weighted by Crippen LogP contribution is 2.21. The molecule has 1 unspecified atom stereocenters. The van der Waals surface area contributed by atoms with E-state index in [1.807, 2.05) is 6.92 Å². The summed E-state index contributed by atoms with van der Waals surface area (Å²) < 4.78 is 26.2. The number of aromatic hydroxyl groups is 1. The Bertz CT molecular complexity index is 443. The molecule has 0 heterocycles. The van der Waals surface area contributed by atoms with Gasteiger partial charge in [-0.3, -0.25) is 4.79 Å². The Labute approximate surface area is 111 Å². The number of amides is 1. The summed E-state index contributed by atoms with van der Waals surface area (Å²) in [7, 11) is 1.68. The van der Waals surface area contributed by atoms with Crippen molar-refractivity contribution >= 4 is 5.91 Å². The molecule has 0 saturated heterocycles. The van der Waals surface area contributed by atoms with Crippen LogP contribution in [0.4, 0.5) is 8.78 Å². The number of rotatable bonds is 5. The van der Waals surface area contributed by atoms with Crippen LogP contribution in [0.2, 0.25) is 0 Å². The van der Waals surface area contributed by atoms with Gasteiger partial charge in [-0.05, 0) is 31.5 Å². The van der Waals surface area contributed by atoms with Gasteiger partial charge in [-0.25, -0.2) is 8.78 Å². The summed E-state index contributed by atoms with van der Waals surface area (Å²) >= 11 is 0. The number of phenols is 1. The average molecular weight is 272 g/mol. The van der Waals surface area contributed by atoms with Crippen molar-refractivity contribution < 1.29 is 18.7 Å². The van der Waals surface area contributed by atoms with Crippen LogP contribution in [0.3, 0.4) is 0 Å². The number of likely N-dealkylation sites (N-methyl/N-ethyl adjacent to an activating group) is 1. The monoisotopic (exact) mass is 272 g/mol. The fourth-order valence-corrected chi connectivity index (χ4v) is 1.56. The van der Waals surface area contributed by atoms with Crippen LogP contribution in [-0.2, 0) is 11.3 Å². The van der Waals surface area contributed by atoms with E-state index in [2.05, 4.69) is 5.32 Å². The molecule has 19 heavy (non-hydrogen) atoms. The maximum absolute atomic E-state index is 13.1. The van der Waals surface area contributed by atoms with Crippen molar-refractivity contribution in [2.75, 3.05) is 13.6 Å². The first-order valence-electron chi connectivity index (χ1n) is 6.02. The summed E-state index contributed by atoms with van der Waals surface area (Å²) in [6, 6.07) is 1.61. The number of nitrogens with one attached hydrogen (secondary N) is 1. The largest absolute Gasteiger partial charge is 0.503 e. The van der Waals surface area contributed by atoms with Gasteiger partial charge < -0.3 is 15.3 Å². The Balaban J connectivity index is 2.65. The minimum Gasteiger partial charge on any atom is -0.503 e. The third-order valence-electron chi connectivity index (χ3n) is 2.91. The number of hydrogen-bond donors (Lipinski definition) is 2. The summed E-state index contributed by atoms with van der Waals surface area (Å²) in [5.41, 5.74) is 0.326. The minimum absolute atomic E-state index is 0.0952. The molecule has 0 spiro atoms. The van der Waals surface area contributed by atoms with E-state index in [4.69, 9.17) is 5.11 Å². The van der Waals surface area contributed by atoms with Gasteiger partial charge in [0.25, 0.3) is 0 Å². The first-order valence-corrected chi connectivity index (χ1v) is 6.02. The molecule has 1 rings (SSSR count). The molecular formula is C13H18F2N2O2. The SMILES string of the molecule is CCN(C)C(=O)C(C)NCc1cc(F)c(O)c(F)c1. The van der Waals surface area contributed by atoms with E-state index in [0.29, 0.717) is 12.1 Å². The lowest BCUT2D eigenvalue weighted by atomic mass is 10.2. The van der Waals surface area contributed by atoms with Crippen molar-refractivity contribution in [3.05, 3.63) is 29.3 Å². The molecule has 4 nitrogen and oxygen atoms in total. The van der Waals surface area contributed by atoms with E-state index in [1.54, 1.807) is 18.9 Å². The lowest BCUT2D eigenvalue weighted by Gasteiger charge is -2.20. The number of carbonyl (C=O) groups excluding carboxylic acids is 1. The van der Waals surface area contributed by atoms with Crippen LogP contribution < -0.4 is 5.32 Å². The smallest absolute Gasteiger partial charge is 0.239 e. The molecule has 0 aliphatic carbocycles. The number of hydrogen-bond acceptors (Lipinski definition) is 3. The second kappa shape index (κ2) is 6.47. The van der Waals surface area contributed by atoms with Crippen molar-refractivity contribution in [3.63, 3.8) is 0 Å². The molecule has 0 radical (unpaired) electrons. The first-order chi connectivity index (χ1) is 8.86. The molecule has 0 aliphatic rings. The zero-order valence-electron chi connectivity index (χ0n) is 11.2. The standard InChI is InChI=1S/C13H18F2N2O2/c1-4-17(3)13(19)8(2)16-7-9-5-10(14)12(18)11(15)6-9/h5-6,8,16,18H,4,7H2,1-3H3. The van der Waals surface area contributed by atoms with E-state index in [1.165, 1.54) is 0 Å². The summed E-state index contributed by atoms with van der Waals surface area (Å²) in [6.45, 7) is 4.27. The zero-order chi connectivity index (χ0) is 14.6. The maximum Gasteiger partial charge on any atom is 0.239 e. The van der Waals surface area contributed by atoms with Crippen LogP contribution >= 0.6 is 0 Å². The maximum atomic E-state index is 13.1. The van der Waals surface area contributed by atoms with Crippen molar-refractivity contribution in [1.29, 1.82) is 0 Å². The van der Waals surface area contributed by atoms with E-state index < -0.39 is 23.4 Å². The lowest BCUT2D eigenvalue weighted by Crippen LogP contribution is -2.42. The number of phenolic OH excluding ortho intramolecular Hbond substituents is 1. The Hall–Kier alpha value is -1.69. The van der Waals surface area contributed by atoms with Crippen LogP contribution in [0.15, 0.2) is 12.1 Å². The predicted octanol–water partition coefficient (Wildman–Crippen LogP) is 1.63. The van der Waals surface area contributed by atoms with Gasteiger partial charge in [0.15, 0.2) is 17.4 Å². The molecule has 6 heteroatoms. The molecule has 0 aromatic heterocycles. The van der Waals surface area contributed by atoms with Gasteiger partial charge in [0.2, 0.25) is 5.91 Å². The fraction of sp³-hybridized carbons (Fsp3) is 0.462. The van der Waals surface area contributed by atoms with Crippen LogP contribution in [0, 0.1) is 11.6 Å². The van der Waals surface area contributed by atoms with E-state index in [0.717, 1.165) is 12.1 Å². The number of carbonyl (C=O) groups is 1. The van der Waals surface area contributed by atoms with Crippen molar-refractivity contribution in [2.24, 2.45) is 0 Å². The lowest BCUT2D eigenvalue weighted by molar-refractivity contribution is -0.131. The average Bonchev–Trinajstić information content (AvgIpc) is 2.40. The van der Waals surface area contributed by atoms with Crippen LogP contribution in [0.25, 0.3) is 0 Å². The third-order valence-corrected chi connectivity index (χ3v) is 2.91. The van der Waals surface area contributed by atoms with Gasteiger partial charge in [-0.1, -0.05) is 0 Å². The Morgan fingerprint density at radius 3 is 2.42 bits per heavy atom. The van der Waals surface area contributed by atoms with Gasteiger partial charge in [0.05, 0.1) is 6.04 Å². The molecule has 1 aromatic carbocycles. The van der Waals surface area contributed by atoms with E-state index >= 15 is 0 Å². The molecule has 1 amide bonds. The molecule has 1 aromatic rings. The van der Waals surface area contributed by atoms with Gasteiger partial charge in [-0.2, -0.15) is 0 Å². The molecule has 0 bridgehead atoms. The highest BCUT2D eigenvalue weighted by atomic mass is 19.1. The molecule has 0 saturated carbocycles. The molecular weight excluding hydrogens is 254 g/mol.